The van der Waals surface area contributed by atoms with Crippen molar-refractivity contribution in [1.82, 2.24) is 20.1 Å². The smallest absolute Gasteiger partial charge is 0.253 e. The maximum atomic E-state index is 13.0. The monoisotopic (exact) mass is 547 g/mol. The van der Waals surface area contributed by atoms with Crippen LogP contribution in [0.1, 0.15) is 60.5 Å². The highest BCUT2D eigenvalue weighted by Gasteiger charge is 2.25. The molecule has 10 heteroatoms. The van der Waals surface area contributed by atoms with E-state index in [1.165, 1.54) is 11.8 Å². The Bertz CT molecular complexity index is 1250. The van der Waals surface area contributed by atoms with Crippen molar-refractivity contribution < 1.29 is 9.59 Å². The molecule has 0 saturated carbocycles. The fraction of sp³-hybridized carbons (Fsp3) is 0.385. The molecule has 1 aromatic heterocycles. The number of nitrogens with one attached hydrogen (secondary N) is 2. The predicted molar refractivity (Wildman–Crippen MR) is 147 cm³/mol. The van der Waals surface area contributed by atoms with Gasteiger partial charge in [-0.2, -0.15) is 0 Å². The van der Waals surface area contributed by atoms with E-state index in [1.54, 1.807) is 18.2 Å². The first-order valence-electron chi connectivity index (χ1n) is 11.8. The van der Waals surface area contributed by atoms with Crippen LogP contribution in [-0.4, -0.2) is 32.3 Å². The van der Waals surface area contributed by atoms with Crippen molar-refractivity contribution in [2.45, 2.75) is 58.8 Å². The lowest BCUT2D eigenvalue weighted by Gasteiger charge is -2.21. The molecule has 3 rings (SSSR count). The van der Waals surface area contributed by atoms with Gasteiger partial charge in [-0.3, -0.25) is 9.59 Å². The van der Waals surface area contributed by atoms with Crippen LogP contribution in [-0.2, 0) is 11.3 Å². The largest absolute Gasteiger partial charge is 0.342 e. The number of thioether (sulfide) groups is 1. The SMILES string of the molecule is CCn1c(SCC(=O)Nc2ccc(C)cc2C)nnc1[C@H](CC(C)C)NC(=O)c1ccc(Cl)cc1Cl. The van der Waals surface area contributed by atoms with Crippen LogP contribution in [0, 0.1) is 19.8 Å². The molecule has 0 spiro atoms. The molecule has 36 heavy (non-hydrogen) atoms. The maximum Gasteiger partial charge on any atom is 0.253 e. The van der Waals surface area contributed by atoms with Gasteiger partial charge in [0.2, 0.25) is 5.91 Å². The van der Waals surface area contributed by atoms with Gasteiger partial charge >= 0.3 is 0 Å². The van der Waals surface area contributed by atoms with Crippen LogP contribution in [0.15, 0.2) is 41.6 Å². The predicted octanol–water partition coefficient (Wildman–Crippen LogP) is 6.47. The molecule has 0 aliphatic rings. The van der Waals surface area contributed by atoms with Gasteiger partial charge in [-0.1, -0.05) is 66.5 Å². The first-order chi connectivity index (χ1) is 17.1. The van der Waals surface area contributed by atoms with E-state index in [-0.39, 0.29) is 34.5 Å². The number of anilines is 1. The lowest BCUT2D eigenvalue weighted by Crippen LogP contribution is -2.32. The number of benzene rings is 2. The van der Waals surface area contributed by atoms with Crippen molar-refractivity contribution in [3.05, 3.63) is 69.0 Å². The van der Waals surface area contributed by atoms with Crippen LogP contribution >= 0.6 is 35.0 Å². The molecular weight excluding hydrogens is 517 g/mol. The van der Waals surface area contributed by atoms with E-state index in [4.69, 9.17) is 23.2 Å². The van der Waals surface area contributed by atoms with Gasteiger partial charge in [-0.25, -0.2) is 0 Å². The number of hydrogen-bond acceptors (Lipinski definition) is 5. The Hall–Kier alpha value is -2.55. The summed E-state index contributed by atoms with van der Waals surface area (Å²) in [5.41, 5.74) is 3.30. The van der Waals surface area contributed by atoms with E-state index in [1.807, 2.05) is 43.5 Å². The lowest BCUT2D eigenvalue weighted by molar-refractivity contribution is -0.113. The standard InChI is InChI=1S/C26H31Cl2N5O2S/c1-6-33-24(22(11-15(2)3)30-25(35)19-9-8-18(27)13-20(19)28)31-32-26(33)36-14-23(34)29-21-10-7-16(4)12-17(21)5/h7-10,12-13,15,22H,6,11,14H2,1-5H3,(H,29,34)(H,30,35)/t22-/m0/s1. The van der Waals surface area contributed by atoms with Crippen LogP contribution < -0.4 is 10.6 Å². The number of carbonyl (C=O) groups excluding carboxylic acids is 2. The molecule has 2 N–H and O–H groups in total. The van der Waals surface area contributed by atoms with E-state index in [2.05, 4.69) is 34.7 Å². The number of carbonyl (C=O) groups is 2. The fourth-order valence-corrected chi connectivity index (χ4v) is 5.15. The summed E-state index contributed by atoms with van der Waals surface area (Å²) in [4.78, 5) is 25.6. The lowest BCUT2D eigenvalue weighted by atomic mass is 10.0. The summed E-state index contributed by atoms with van der Waals surface area (Å²) in [5, 5.41) is 16.1. The van der Waals surface area contributed by atoms with Crippen molar-refractivity contribution in [1.29, 1.82) is 0 Å². The van der Waals surface area contributed by atoms with E-state index in [0.29, 0.717) is 34.5 Å². The van der Waals surface area contributed by atoms with E-state index >= 15 is 0 Å². The van der Waals surface area contributed by atoms with Crippen LogP contribution in [0.3, 0.4) is 0 Å². The summed E-state index contributed by atoms with van der Waals surface area (Å²) in [7, 11) is 0. The summed E-state index contributed by atoms with van der Waals surface area (Å²) in [6, 6.07) is 10.3. The number of aromatic nitrogens is 3. The molecule has 3 aromatic rings. The highest BCUT2D eigenvalue weighted by Crippen LogP contribution is 2.27. The average Bonchev–Trinajstić information content (AvgIpc) is 3.21. The minimum atomic E-state index is -0.380. The molecular formula is C26H31Cl2N5O2S. The summed E-state index contributed by atoms with van der Waals surface area (Å²) in [6.07, 6.45) is 0.660. The summed E-state index contributed by atoms with van der Waals surface area (Å²) < 4.78 is 1.94. The molecule has 1 atom stereocenters. The third-order valence-electron chi connectivity index (χ3n) is 5.55. The third kappa shape index (κ3) is 7.24. The summed E-state index contributed by atoms with van der Waals surface area (Å²) in [6.45, 7) is 10.7. The van der Waals surface area contributed by atoms with Gasteiger partial charge in [0.15, 0.2) is 11.0 Å². The Labute approximate surface area is 226 Å². The average molecular weight is 549 g/mol. The molecule has 0 fully saturated rings. The molecule has 0 aliphatic heterocycles. The second-order valence-corrected chi connectivity index (χ2v) is 10.8. The van der Waals surface area contributed by atoms with Crippen molar-refractivity contribution in [3.8, 4) is 0 Å². The van der Waals surface area contributed by atoms with E-state index in [9.17, 15) is 9.59 Å². The first-order valence-corrected chi connectivity index (χ1v) is 13.5. The molecule has 192 valence electrons. The van der Waals surface area contributed by atoms with Crippen molar-refractivity contribution in [2.24, 2.45) is 5.92 Å². The molecule has 0 bridgehead atoms. The molecule has 0 radical (unpaired) electrons. The Balaban J connectivity index is 1.75. The molecule has 7 nitrogen and oxygen atoms in total. The topological polar surface area (TPSA) is 88.9 Å². The summed E-state index contributed by atoms with van der Waals surface area (Å²) in [5.74, 6) is 0.686. The number of halogens is 2. The van der Waals surface area contributed by atoms with E-state index < -0.39 is 0 Å². The normalized spacial score (nSPS) is 12.0. The Morgan fingerprint density at radius 1 is 1.08 bits per heavy atom. The van der Waals surface area contributed by atoms with Crippen LogP contribution in [0.2, 0.25) is 10.0 Å². The number of amides is 2. The molecule has 1 heterocycles. The van der Waals surface area contributed by atoms with Gasteiger partial charge in [0.05, 0.1) is 22.4 Å². The van der Waals surface area contributed by atoms with Crippen molar-refractivity contribution in [3.63, 3.8) is 0 Å². The fourth-order valence-electron chi connectivity index (χ4n) is 3.84. The van der Waals surface area contributed by atoms with Gasteiger partial charge in [-0.15, -0.1) is 10.2 Å². The van der Waals surface area contributed by atoms with Crippen LogP contribution in [0.4, 0.5) is 5.69 Å². The Morgan fingerprint density at radius 3 is 2.47 bits per heavy atom. The number of nitrogens with zero attached hydrogens (tertiary/aromatic N) is 3. The van der Waals surface area contributed by atoms with E-state index in [0.717, 1.165) is 16.8 Å². The number of hydrogen-bond donors (Lipinski definition) is 2. The van der Waals surface area contributed by atoms with Gasteiger partial charge < -0.3 is 15.2 Å². The highest BCUT2D eigenvalue weighted by molar-refractivity contribution is 7.99. The highest BCUT2D eigenvalue weighted by atomic mass is 35.5. The van der Waals surface area contributed by atoms with Gasteiger partial charge in [0.1, 0.15) is 0 Å². The number of rotatable bonds is 10. The van der Waals surface area contributed by atoms with Crippen molar-refractivity contribution >= 4 is 52.5 Å². The quantitative estimate of drug-likeness (QED) is 0.284. The number of aryl methyl sites for hydroxylation is 2. The third-order valence-corrected chi connectivity index (χ3v) is 7.06. The molecule has 0 unspecified atom stereocenters. The minimum absolute atomic E-state index is 0.122. The maximum absolute atomic E-state index is 13.0. The summed E-state index contributed by atoms with van der Waals surface area (Å²) >= 11 is 13.5. The molecule has 2 amide bonds. The van der Waals surface area contributed by atoms with Crippen LogP contribution in [0.5, 0.6) is 0 Å². The van der Waals surface area contributed by atoms with Gasteiger partial charge in [0.25, 0.3) is 5.91 Å². The molecule has 0 aliphatic carbocycles. The second kappa shape index (κ2) is 12.6. The zero-order chi connectivity index (χ0) is 26.4. The first kappa shape index (κ1) is 28.0. The molecule has 2 aromatic carbocycles. The Kier molecular flexibility index (Phi) is 9.82. The van der Waals surface area contributed by atoms with Crippen LogP contribution in [0.25, 0.3) is 0 Å². The van der Waals surface area contributed by atoms with Gasteiger partial charge in [0, 0.05) is 17.3 Å². The molecule has 0 saturated heterocycles. The Morgan fingerprint density at radius 2 is 1.83 bits per heavy atom. The zero-order valence-electron chi connectivity index (χ0n) is 21.1. The van der Waals surface area contributed by atoms with Crippen molar-refractivity contribution in [2.75, 3.05) is 11.1 Å². The zero-order valence-corrected chi connectivity index (χ0v) is 23.4. The minimum Gasteiger partial charge on any atom is -0.342 e. The van der Waals surface area contributed by atoms with Gasteiger partial charge in [-0.05, 0) is 62.9 Å². The second-order valence-electron chi connectivity index (χ2n) is 9.02.